The topological polar surface area (TPSA) is 0 Å². The average Bonchev–Trinajstić information content (AvgIpc) is 0.811. The van der Waals surface area contributed by atoms with Crippen molar-refractivity contribution in [3.8, 4) is 0 Å². The molecule has 0 heterocycles. The molecule has 0 N–H and O–H groups in total. The molecule has 0 aromatic carbocycles. The summed E-state index contributed by atoms with van der Waals surface area (Å²) in [5.74, 6) is 0. The maximum atomic E-state index is 3.65. The molecule has 0 aromatic rings. The zero-order valence-electron chi connectivity index (χ0n) is 3.21. The van der Waals surface area contributed by atoms with Crippen molar-refractivity contribution in [2.24, 2.45) is 0 Å². The van der Waals surface area contributed by atoms with Crippen molar-refractivity contribution in [1.82, 2.24) is 0 Å². The number of hydrogen-bond acceptors (Lipinski definition) is 0. The summed E-state index contributed by atoms with van der Waals surface area (Å²) in [4.78, 5) is 0. The second kappa shape index (κ2) is 1.95. The summed E-state index contributed by atoms with van der Waals surface area (Å²) in [7, 11) is 0. The van der Waals surface area contributed by atoms with Crippen molar-refractivity contribution < 1.29 is 26.1 Å². The van der Waals surface area contributed by atoms with Gasteiger partial charge in [-0.25, -0.2) is 0 Å². The van der Waals surface area contributed by atoms with Gasteiger partial charge in [-0.05, 0) is 0 Å². The van der Waals surface area contributed by atoms with E-state index in [1.807, 2.05) is 0 Å². The standard InChI is InChI=1S/C3H5.Hg.H/c1-3-2;;/h1H2,2H3;;. The summed E-state index contributed by atoms with van der Waals surface area (Å²) in [6.45, 7) is 5.73. The summed E-state index contributed by atoms with van der Waals surface area (Å²) in [6.07, 6.45) is 0. The van der Waals surface area contributed by atoms with Gasteiger partial charge in [0.15, 0.2) is 0 Å². The predicted molar refractivity (Wildman–Crippen MR) is 16.2 cm³/mol. The van der Waals surface area contributed by atoms with Crippen molar-refractivity contribution >= 4 is 0 Å². The van der Waals surface area contributed by atoms with E-state index in [1.54, 1.807) is 0 Å². The van der Waals surface area contributed by atoms with Crippen molar-refractivity contribution in [1.29, 1.82) is 0 Å². The molecule has 4 heavy (non-hydrogen) atoms. The Morgan fingerprint density at radius 3 is 2.00 bits per heavy atom. The van der Waals surface area contributed by atoms with E-state index >= 15 is 0 Å². The van der Waals surface area contributed by atoms with Crippen molar-refractivity contribution in [3.05, 3.63) is 9.66 Å². The van der Waals surface area contributed by atoms with E-state index in [4.69, 9.17) is 0 Å². The van der Waals surface area contributed by atoms with Gasteiger partial charge < -0.3 is 0 Å². The molecule has 0 fully saturated rings. The predicted octanol–water partition coefficient (Wildman–Crippen LogP) is 0.799. The second-order valence-corrected chi connectivity index (χ2v) is 7.84. The van der Waals surface area contributed by atoms with E-state index in [1.165, 1.54) is 3.08 Å². The van der Waals surface area contributed by atoms with E-state index in [-0.39, 0.29) is 0 Å². The Morgan fingerprint density at radius 2 is 2.00 bits per heavy atom. The van der Waals surface area contributed by atoms with Gasteiger partial charge in [-0.15, -0.1) is 0 Å². The van der Waals surface area contributed by atoms with Gasteiger partial charge in [-0.3, -0.25) is 0 Å². The van der Waals surface area contributed by atoms with Crippen LogP contribution in [-0.4, -0.2) is 0 Å². The third-order valence-electron chi connectivity index (χ3n) is 0. The van der Waals surface area contributed by atoms with Crippen molar-refractivity contribution in [3.63, 3.8) is 0 Å². The van der Waals surface area contributed by atoms with Crippen LogP contribution in [0.1, 0.15) is 6.92 Å². The van der Waals surface area contributed by atoms with E-state index in [0.717, 1.165) is 0 Å². The number of allylic oxidation sites excluding steroid dienone is 1. The Kier molecular flexibility index (Phi) is 2.28. The second-order valence-electron chi connectivity index (χ2n) is 1.21. The fraction of sp³-hybridized carbons (Fsp3) is 0.333. The van der Waals surface area contributed by atoms with Crippen LogP contribution >= 0.6 is 0 Å². The Bertz CT molecular complexity index is 26.3. The van der Waals surface area contributed by atoms with Gasteiger partial charge in [-0.1, -0.05) is 0 Å². The number of rotatable bonds is 0. The van der Waals surface area contributed by atoms with Crippen LogP contribution in [0.15, 0.2) is 9.66 Å². The molecule has 1 heteroatoms. The Hall–Kier alpha value is 0.675. The van der Waals surface area contributed by atoms with Crippen LogP contribution in [-0.2, 0) is 26.1 Å². The summed E-state index contributed by atoms with van der Waals surface area (Å²) >= 11 is 0.664. The molecular weight excluding hydrogens is 237 g/mol. The van der Waals surface area contributed by atoms with Crippen LogP contribution in [0.5, 0.6) is 0 Å². The third kappa shape index (κ3) is 16.5. The first kappa shape index (κ1) is 4.68. The first-order valence-corrected chi connectivity index (χ1v) is 5.24. The fourth-order valence-corrected chi connectivity index (χ4v) is 0. The molecular formula is C3H6Hg. The first-order chi connectivity index (χ1) is 1.73. The van der Waals surface area contributed by atoms with Gasteiger partial charge in [0.25, 0.3) is 0 Å². The molecule has 0 aromatic heterocycles. The molecule has 0 atom stereocenters. The maximum absolute atomic E-state index is 3.65. The zero-order chi connectivity index (χ0) is 3.58. The molecule has 0 saturated heterocycles. The number of hydrogen-bond donors (Lipinski definition) is 0. The van der Waals surface area contributed by atoms with Gasteiger partial charge in [0.2, 0.25) is 0 Å². The third-order valence-corrected chi connectivity index (χ3v) is 0. The molecule has 0 nitrogen and oxygen atoms in total. The molecule has 0 bridgehead atoms. The van der Waals surface area contributed by atoms with Crippen LogP contribution < -0.4 is 0 Å². The Morgan fingerprint density at radius 1 is 2.00 bits per heavy atom. The molecule has 0 aliphatic carbocycles. The van der Waals surface area contributed by atoms with Crippen LogP contribution in [0, 0.1) is 0 Å². The Balaban J connectivity index is 2.80. The molecule has 0 aliphatic heterocycles. The summed E-state index contributed by atoms with van der Waals surface area (Å²) in [5.41, 5.74) is 0. The van der Waals surface area contributed by atoms with Crippen LogP contribution in [0.25, 0.3) is 0 Å². The van der Waals surface area contributed by atoms with Gasteiger partial charge in [0, 0.05) is 0 Å². The van der Waals surface area contributed by atoms with E-state index in [0.29, 0.717) is 26.1 Å². The molecule has 0 rings (SSSR count). The van der Waals surface area contributed by atoms with Gasteiger partial charge in [-0.2, -0.15) is 0 Å². The SMILES string of the molecule is C=[C](C)[HgH]. The minimum atomic E-state index is 0.664. The van der Waals surface area contributed by atoms with Crippen LogP contribution in [0.2, 0.25) is 0 Å². The summed E-state index contributed by atoms with van der Waals surface area (Å²) < 4.78 is 1.39. The summed E-state index contributed by atoms with van der Waals surface area (Å²) in [6, 6.07) is 0. The first-order valence-electron chi connectivity index (χ1n) is 1.35. The average molecular weight is 243 g/mol. The molecule has 20 valence electrons. The normalized spacial score (nSPS) is 6.00. The van der Waals surface area contributed by atoms with Crippen molar-refractivity contribution in [2.45, 2.75) is 6.92 Å². The molecule has 0 radical (unpaired) electrons. The Labute approximate surface area is 42.9 Å². The molecule has 0 amide bonds. The quantitative estimate of drug-likeness (QED) is 0.552. The van der Waals surface area contributed by atoms with E-state index in [2.05, 4.69) is 13.5 Å². The van der Waals surface area contributed by atoms with Crippen molar-refractivity contribution in [2.75, 3.05) is 0 Å². The molecule has 0 aliphatic rings. The molecule has 0 unspecified atom stereocenters. The van der Waals surface area contributed by atoms with E-state index < -0.39 is 0 Å². The van der Waals surface area contributed by atoms with Gasteiger partial charge in [0.05, 0.1) is 0 Å². The monoisotopic (exact) mass is 244 g/mol. The van der Waals surface area contributed by atoms with Gasteiger partial charge >= 0.3 is 42.7 Å². The van der Waals surface area contributed by atoms with Crippen LogP contribution in [0.3, 0.4) is 0 Å². The molecule has 0 spiro atoms. The fourth-order valence-electron chi connectivity index (χ4n) is 0. The summed E-state index contributed by atoms with van der Waals surface area (Å²) in [5, 5.41) is 0. The van der Waals surface area contributed by atoms with Crippen LogP contribution in [0.4, 0.5) is 0 Å². The minimum absolute atomic E-state index is 0.664. The molecule has 0 saturated carbocycles. The van der Waals surface area contributed by atoms with Gasteiger partial charge in [0.1, 0.15) is 0 Å². The van der Waals surface area contributed by atoms with E-state index in [9.17, 15) is 0 Å². The zero-order valence-corrected chi connectivity index (χ0v) is 11.0.